The quantitative estimate of drug-likeness (QED) is 0.732. The van der Waals surface area contributed by atoms with Crippen LogP contribution in [-0.2, 0) is 11.3 Å². The first-order chi connectivity index (χ1) is 8.58. The molecule has 0 bridgehead atoms. The molecule has 98 valence electrons. The fourth-order valence-corrected chi connectivity index (χ4v) is 2.03. The maximum Gasteiger partial charge on any atom is 0.339 e. The summed E-state index contributed by atoms with van der Waals surface area (Å²) in [5, 5.41) is 14.7. The van der Waals surface area contributed by atoms with E-state index >= 15 is 0 Å². The molecule has 1 unspecified atom stereocenters. The van der Waals surface area contributed by atoms with Crippen molar-refractivity contribution in [3.05, 3.63) is 23.2 Å². The van der Waals surface area contributed by atoms with Crippen molar-refractivity contribution in [2.45, 2.75) is 32.4 Å². The maximum atomic E-state index is 11.5. The number of aryl methyl sites for hydroxylation is 1. The van der Waals surface area contributed by atoms with Crippen LogP contribution in [0.4, 0.5) is 0 Å². The lowest BCUT2D eigenvalue weighted by molar-refractivity contribution is -0.124. The predicted molar refractivity (Wildman–Crippen MR) is 63.3 cm³/mol. The molecule has 0 radical (unpaired) electrons. The molecule has 0 saturated carbocycles. The number of piperidine rings is 1. The van der Waals surface area contributed by atoms with Crippen LogP contribution in [0.15, 0.2) is 10.5 Å². The van der Waals surface area contributed by atoms with E-state index in [0.29, 0.717) is 18.1 Å². The van der Waals surface area contributed by atoms with Crippen molar-refractivity contribution in [2.75, 3.05) is 6.54 Å². The number of aromatic carboxylic acids is 1. The van der Waals surface area contributed by atoms with Gasteiger partial charge in [-0.15, -0.1) is 0 Å². The average Bonchev–Trinajstić information content (AvgIpc) is 2.70. The highest BCUT2D eigenvalue weighted by molar-refractivity contribution is 5.88. The number of furan rings is 1. The zero-order chi connectivity index (χ0) is 13.1. The molecule has 0 aromatic carbocycles. The molecule has 6 heteroatoms. The van der Waals surface area contributed by atoms with E-state index in [1.165, 1.54) is 6.07 Å². The Morgan fingerprint density at radius 1 is 1.67 bits per heavy atom. The van der Waals surface area contributed by atoms with E-state index in [0.717, 1.165) is 19.4 Å². The summed E-state index contributed by atoms with van der Waals surface area (Å²) in [6.07, 6.45) is 1.73. The SMILES string of the molecule is Cc1oc(CNC2CCCNC2=O)cc1C(=O)O. The second-order valence-corrected chi connectivity index (χ2v) is 4.35. The van der Waals surface area contributed by atoms with Crippen LogP contribution in [0.1, 0.15) is 34.7 Å². The lowest BCUT2D eigenvalue weighted by Gasteiger charge is -2.22. The van der Waals surface area contributed by atoms with Gasteiger partial charge in [0.05, 0.1) is 12.6 Å². The van der Waals surface area contributed by atoms with Gasteiger partial charge in [-0.25, -0.2) is 4.79 Å². The molecule has 6 nitrogen and oxygen atoms in total. The lowest BCUT2D eigenvalue weighted by atomic mass is 10.1. The first-order valence-electron chi connectivity index (χ1n) is 5.91. The summed E-state index contributed by atoms with van der Waals surface area (Å²) in [4.78, 5) is 22.3. The number of amides is 1. The number of nitrogens with one attached hydrogen (secondary N) is 2. The Morgan fingerprint density at radius 3 is 3.06 bits per heavy atom. The Labute approximate surface area is 104 Å². The average molecular weight is 252 g/mol. The van der Waals surface area contributed by atoms with Gasteiger partial charge in [-0.2, -0.15) is 0 Å². The normalized spacial score (nSPS) is 19.6. The van der Waals surface area contributed by atoms with Crippen molar-refractivity contribution in [2.24, 2.45) is 0 Å². The van der Waals surface area contributed by atoms with Crippen molar-refractivity contribution >= 4 is 11.9 Å². The molecule has 1 aromatic rings. The van der Waals surface area contributed by atoms with Crippen LogP contribution in [-0.4, -0.2) is 29.6 Å². The van der Waals surface area contributed by atoms with E-state index in [1.807, 2.05) is 0 Å². The number of hydrogen-bond donors (Lipinski definition) is 3. The molecule has 3 N–H and O–H groups in total. The summed E-state index contributed by atoms with van der Waals surface area (Å²) >= 11 is 0. The number of carboxylic acids is 1. The third kappa shape index (κ3) is 2.70. The molecule has 1 atom stereocenters. The van der Waals surface area contributed by atoms with Crippen LogP contribution in [0.25, 0.3) is 0 Å². The molecular formula is C12H16N2O4. The zero-order valence-corrected chi connectivity index (χ0v) is 10.2. The number of carboxylic acid groups (broad SMARTS) is 1. The molecule has 1 aliphatic rings. The lowest BCUT2D eigenvalue weighted by Crippen LogP contribution is -2.47. The Bertz CT molecular complexity index is 467. The van der Waals surface area contributed by atoms with Gasteiger partial charge in [-0.1, -0.05) is 0 Å². The van der Waals surface area contributed by atoms with E-state index in [1.54, 1.807) is 6.92 Å². The fraction of sp³-hybridized carbons (Fsp3) is 0.500. The van der Waals surface area contributed by atoms with Gasteiger partial charge < -0.3 is 14.8 Å². The fourth-order valence-electron chi connectivity index (χ4n) is 2.03. The molecule has 1 amide bonds. The van der Waals surface area contributed by atoms with Gasteiger partial charge >= 0.3 is 5.97 Å². The van der Waals surface area contributed by atoms with Crippen molar-refractivity contribution in [3.8, 4) is 0 Å². The van der Waals surface area contributed by atoms with Crippen LogP contribution < -0.4 is 10.6 Å². The van der Waals surface area contributed by atoms with E-state index in [9.17, 15) is 9.59 Å². The summed E-state index contributed by atoms with van der Waals surface area (Å²) in [7, 11) is 0. The number of carbonyl (C=O) groups is 2. The summed E-state index contributed by atoms with van der Waals surface area (Å²) in [5.74, 6) is -0.100. The standard InChI is InChI=1S/C12H16N2O4/c1-7-9(12(16)17)5-8(18-7)6-14-10-3-2-4-13-11(10)15/h5,10,14H,2-4,6H2,1H3,(H,13,15)(H,16,17). The van der Waals surface area contributed by atoms with E-state index in [2.05, 4.69) is 10.6 Å². The van der Waals surface area contributed by atoms with Crippen LogP contribution in [0.3, 0.4) is 0 Å². The van der Waals surface area contributed by atoms with Gasteiger partial charge in [0.25, 0.3) is 0 Å². The second kappa shape index (κ2) is 5.22. The largest absolute Gasteiger partial charge is 0.478 e. The van der Waals surface area contributed by atoms with Gasteiger partial charge in [0, 0.05) is 6.54 Å². The van der Waals surface area contributed by atoms with Gasteiger partial charge in [0.1, 0.15) is 17.1 Å². The molecule has 1 fully saturated rings. The molecule has 0 spiro atoms. The molecular weight excluding hydrogens is 236 g/mol. The topological polar surface area (TPSA) is 91.6 Å². The third-order valence-electron chi connectivity index (χ3n) is 3.01. The summed E-state index contributed by atoms with van der Waals surface area (Å²) < 4.78 is 5.33. The first kappa shape index (κ1) is 12.6. The second-order valence-electron chi connectivity index (χ2n) is 4.35. The Hall–Kier alpha value is -1.82. The molecule has 2 heterocycles. The Kier molecular flexibility index (Phi) is 3.66. The predicted octanol–water partition coefficient (Wildman–Crippen LogP) is 0.654. The monoisotopic (exact) mass is 252 g/mol. The minimum atomic E-state index is -1.00. The van der Waals surface area contributed by atoms with Crippen LogP contribution in [0.2, 0.25) is 0 Å². The Balaban J connectivity index is 1.95. The van der Waals surface area contributed by atoms with Crippen molar-refractivity contribution < 1.29 is 19.1 Å². The van der Waals surface area contributed by atoms with E-state index in [-0.39, 0.29) is 17.5 Å². The van der Waals surface area contributed by atoms with Crippen molar-refractivity contribution in [1.29, 1.82) is 0 Å². The summed E-state index contributed by atoms with van der Waals surface area (Å²) in [5.41, 5.74) is 0.167. The van der Waals surface area contributed by atoms with Gasteiger partial charge in [-0.3, -0.25) is 10.1 Å². The van der Waals surface area contributed by atoms with Crippen molar-refractivity contribution in [1.82, 2.24) is 10.6 Å². The van der Waals surface area contributed by atoms with E-state index < -0.39 is 5.97 Å². The Morgan fingerprint density at radius 2 is 2.44 bits per heavy atom. The zero-order valence-electron chi connectivity index (χ0n) is 10.2. The van der Waals surface area contributed by atoms with Gasteiger partial charge in [-0.05, 0) is 25.8 Å². The number of carbonyl (C=O) groups excluding carboxylic acids is 1. The highest BCUT2D eigenvalue weighted by atomic mass is 16.4. The van der Waals surface area contributed by atoms with Crippen LogP contribution in [0, 0.1) is 6.92 Å². The molecule has 0 aliphatic carbocycles. The molecule has 1 aromatic heterocycles. The maximum absolute atomic E-state index is 11.5. The van der Waals surface area contributed by atoms with Gasteiger partial charge in [0.2, 0.25) is 5.91 Å². The number of hydrogen-bond acceptors (Lipinski definition) is 4. The highest BCUT2D eigenvalue weighted by Crippen LogP contribution is 2.15. The number of rotatable bonds is 4. The molecule has 2 rings (SSSR count). The van der Waals surface area contributed by atoms with Crippen molar-refractivity contribution in [3.63, 3.8) is 0 Å². The highest BCUT2D eigenvalue weighted by Gasteiger charge is 2.22. The summed E-state index contributed by atoms with van der Waals surface area (Å²) in [6, 6.07) is 1.27. The van der Waals surface area contributed by atoms with Crippen LogP contribution in [0.5, 0.6) is 0 Å². The smallest absolute Gasteiger partial charge is 0.339 e. The molecule has 18 heavy (non-hydrogen) atoms. The molecule has 1 aliphatic heterocycles. The minimum Gasteiger partial charge on any atom is -0.478 e. The van der Waals surface area contributed by atoms with Gasteiger partial charge in [0.15, 0.2) is 0 Å². The molecule has 1 saturated heterocycles. The summed E-state index contributed by atoms with van der Waals surface area (Å²) in [6.45, 7) is 2.69. The first-order valence-corrected chi connectivity index (χ1v) is 5.91. The van der Waals surface area contributed by atoms with E-state index in [4.69, 9.17) is 9.52 Å². The third-order valence-corrected chi connectivity index (χ3v) is 3.01. The van der Waals surface area contributed by atoms with Crippen LogP contribution >= 0.6 is 0 Å². The minimum absolute atomic E-state index is 0.0111.